The maximum atomic E-state index is 12.5. The van der Waals surface area contributed by atoms with Gasteiger partial charge in [0.2, 0.25) is 15.9 Å². The Morgan fingerprint density at radius 1 is 0.903 bits per heavy atom. The second-order valence-electron chi connectivity index (χ2n) is 6.73. The number of amides is 2. The van der Waals surface area contributed by atoms with Crippen LogP contribution in [0.1, 0.15) is 28.5 Å². The zero-order chi connectivity index (χ0) is 22.3. The van der Waals surface area contributed by atoms with Crippen molar-refractivity contribution < 1.29 is 18.0 Å². The van der Waals surface area contributed by atoms with Crippen LogP contribution in [-0.2, 0) is 27.9 Å². The van der Waals surface area contributed by atoms with Crippen LogP contribution in [0.4, 0.5) is 5.69 Å². The van der Waals surface area contributed by atoms with Crippen molar-refractivity contribution in [2.45, 2.75) is 24.9 Å². The Kier molecular flexibility index (Phi) is 7.11. The Bertz CT molecular complexity index is 1150. The van der Waals surface area contributed by atoms with Crippen molar-refractivity contribution in [3.8, 4) is 0 Å². The third-order valence-electron chi connectivity index (χ3n) is 4.32. The van der Waals surface area contributed by atoms with Crippen LogP contribution >= 0.6 is 0 Å². The quantitative estimate of drug-likeness (QED) is 0.499. The molecule has 0 fully saturated rings. The first-order valence-electron chi connectivity index (χ1n) is 9.48. The van der Waals surface area contributed by atoms with Crippen LogP contribution in [0.25, 0.3) is 0 Å². The van der Waals surface area contributed by atoms with Gasteiger partial charge in [-0.1, -0.05) is 18.2 Å². The molecule has 0 aliphatic heterocycles. The molecule has 2 amide bonds. The number of aromatic nitrogens is 1. The first-order valence-corrected chi connectivity index (χ1v) is 11.0. The van der Waals surface area contributed by atoms with Gasteiger partial charge in [-0.25, -0.2) is 13.1 Å². The van der Waals surface area contributed by atoms with Gasteiger partial charge < -0.3 is 10.6 Å². The monoisotopic (exact) mass is 438 g/mol. The van der Waals surface area contributed by atoms with Crippen LogP contribution in [0.5, 0.6) is 0 Å². The van der Waals surface area contributed by atoms with E-state index in [1.54, 1.807) is 36.5 Å². The lowest BCUT2D eigenvalue weighted by Gasteiger charge is -2.09. The molecule has 0 saturated carbocycles. The van der Waals surface area contributed by atoms with E-state index >= 15 is 0 Å². The number of hydrogen-bond acceptors (Lipinski definition) is 5. The van der Waals surface area contributed by atoms with E-state index in [2.05, 4.69) is 20.3 Å². The summed E-state index contributed by atoms with van der Waals surface area (Å²) < 4.78 is 27.5. The summed E-state index contributed by atoms with van der Waals surface area (Å²) in [5, 5.41) is 5.37. The summed E-state index contributed by atoms with van der Waals surface area (Å²) in [4.78, 5) is 27.5. The van der Waals surface area contributed by atoms with Crippen LogP contribution in [0, 0.1) is 0 Å². The van der Waals surface area contributed by atoms with Gasteiger partial charge in [0, 0.05) is 30.9 Å². The highest BCUT2D eigenvalue weighted by Gasteiger charge is 2.14. The van der Waals surface area contributed by atoms with E-state index in [-0.39, 0.29) is 23.3 Å². The Hall–Kier alpha value is -3.56. The van der Waals surface area contributed by atoms with Crippen molar-refractivity contribution in [2.24, 2.45) is 0 Å². The second-order valence-corrected chi connectivity index (χ2v) is 8.50. The molecule has 2 aromatic carbocycles. The molecule has 9 heteroatoms. The molecule has 3 rings (SSSR count). The summed E-state index contributed by atoms with van der Waals surface area (Å²) in [7, 11) is -3.72. The summed E-state index contributed by atoms with van der Waals surface area (Å²) in [6.45, 7) is 1.77. The van der Waals surface area contributed by atoms with E-state index in [4.69, 9.17) is 0 Å². The Morgan fingerprint density at radius 3 is 2.23 bits per heavy atom. The maximum Gasteiger partial charge on any atom is 0.251 e. The molecule has 1 aromatic heterocycles. The Morgan fingerprint density at radius 2 is 1.61 bits per heavy atom. The van der Waals surface area contributed by atoms with Crippen molar-refractivity contribution in [3.05, 3.63) is 89.7 Å². The second kappa shape index (κ2) is 9.96. The molecular formula is C22H22N4O4S. The molecule has 3 aromatic rings. The summed E-state index contributed by atoms with van der Waals surface area (Å²) >= 11 is 0. The largest absolute Gasteiger partial charge is 0.346 e. The normalized spacial score (nSPS) is 11.0. The van der Waals surface area contributed by atoms with Crippen LogP contribution in [0.15, 0.2) is 77.8 Å². The van der Waals surface area contributed by atoms with Gasteiger partial charge in [0.15, 0.2) is 0 Å². The number of nitrogens with zero attached hydrogens (tertiary/aromatic N) is 1. The molecule has 8 nitrogen and oxygen atoms in total. The smallest absolute Gasteiger partial charge is 0.251 e. The fraction of sp³-hybridized carbons (Fsp3) is 0.136. The van der Waals surface area contributed by atoms with Crippen LogP contribution in [0.2, 0.25) is 0 Å². The van der Waals surface area contributed by atoms with Gasteiger partial charge in [-0.3, -0.25) is 14.6 Å². The molecule has 1 heterocycles. The molecule has 31 heavy (non-hydrogen) atoms. The van der Waals surface area contributed by atoms with Crippen LogP contribution < -0.4 is 15.4 Å². The zero-order valence-electron chi connectivity index (χ0n) is 16.8. The highest BCUT2D eigenvalue weighted by Crippen LogP contribution is 2.15. The van der Waals surface area contributed by atoms with Crippen molar-refractivity contribution in [1.29, 1.82) is 0 Å². The van der Waals surface area contributed by atoms with Gasteiger partial charge in [0.25, 0.3) is 5.91 Å². The molecule has 3 N–H and O–H groups in total. The fourth-order valence-corrected chi connectivity index (χ4v) is 3.75. The predicted molar refractivity (Wildman–Crippen MR) is 117 cm³/mol. The average molecular weight is 439 g/mol. The molecule has 160 valence electrons. The molecule has 0 saturated heterocycles. The Labute approximate surface area is 180 Å². The van der Waals surface area contributed by atoms with Gasteiger partial charge in [0.1, 0.15) is 0 Å². The summed E-state index contributed by atoms with van der Waals surface area (Å²) in [5.74, 6) is -0.473. The Balaban J connectivity index is 1.55. The number of rotatable bonds is 8. The van der Waals surface area contributed by atoms with Gasteiger partial charge in [-0.2, -0.15) is 0 Å². The SMILES string of the molecule is CC(=O)Nc1ccc(S(=O)(=O)NCc2ccc(C(=O)NCc3ccccn3)cc2)cc1. The molecule has 0 atom stereocenters. The third kappa shape index (κ3) is 6.46. The van der Waals surface area contributed by atoms with Gasteiger partial charge in [0.05, 0.1) is 17.1 Å². The van der Waals surface area contributed by atoms with Crippen molar-refractivity contribution in [2.75, 3.05) is 5.32 Å². The lowest BCUT2D eigenvalue weighted by atomic mass is 10.1. The van der Waals surface area contributed by atoms with Gasteiger partial charge in [-0.15, -0.1) is 0 Å². The molecule has 0 unspecified atom stereocenters. The number of nitrogens with one attached hydrogen (secondary N) is 3. The predicted octanol–water partition coefficient (Wildman–Crippen LogP) is 2.45. The summed E-state index contributed by atoms with van der Waals surface area (Å²) in [6, 6.07) is 18.0. The first-order chi connectivity index (χ1) is 14.8. The maximum absolute atomic E-state index is 12.5. The summed E-state index contributed by atoms with van der Waals surface area (Å²) in [5.41, 5.74) is 2.45. The van der Waals surface area contributed by atoms with E-state index in [0.29, 0.717) is 23.4 Å². The van der Waals surface area contributed by atoms with Crippen LogP contribution in [-0.4, -0.2) is 25.2 Å². The lowest BCUT2D eigenvalue weighted by molar-refractivity contribution is -0.114. The van der Waals surface area contributed by atoms with E-state index in [1.807, 2.05) is 12.1 Å². The summed E-state index contributed by atoms with van der Waals surface area (Å²) in [6.07, 6.45) is 1.66. The highest BCUT2D eigenvalue weighted by molar-refractivity contribution is 7.89. The molecule has 0 spiro atoms. The first kappa shape index (κ1) is 22.1. The van der Waals surface area contributed by atoms with Crippen molar-refractivity contribution in [1.82, 2.24) is 15.0 Å². The molecule has 0 aliphatic rings. The minimum Gasteiger partial charge on any atom is -0.346 e. The van der Waals surface area contributed by atoms with E-state index in [1.165, 1.54) is 31.2 Å². The van der Waals surface area contributed by atoms with Gasteiger partial charge in [-0.05, 0) is 54.1 Å². The molecule has 0 bridgehead atoms. The third-order valence-corrected chi connectivity index (χ3v) is 5.74. The topological polar surface area (TPSA) is 117 Å². The number of anilines is 1. The molecule has 0 radical (unpaired) electrons. The number of carbonyl (C=O) groups is 2. The van der Waals surface area contributed by atoms with Gasteiger partial charge >= 0.3 is 0 Å². The fourth-order valence-electron chi connectivity index (χ4n) is 2.73. The number of carbonyl (C=O) groups excluding carboxylic acids is 2. The number of hydrogen-bond donors (Lipinski definition) is 3. The minimum atomic E-state index is -3.72. The van der Waals surface area contributed by atoms with E-state index < -0.39 is 10.0 Å². The van der Waals surface area contributed by atoms with Crippen molar-refractivity contribution >= 4 is 27.5 Å². The standard InChI is InChI=1S/C22H22N4O4S/c1-16(27)26-19-9-11-21(12-10-19)31(29,30)25-14-17-5-7-18(8-6-17)22(28)24-15-20-4-2-3-13-23-20/h2-13,25H,14-15H2,1H3,(H,24,28)(H,26,27). The number of benzene rings is 2. The van der Waals surface area contributed by atoms with Crippen LogP contribution in [0.3, 0.4) is 0 Å². The number of pyridine rings is 1. The zero-order valence-corrected chi connectivity index (χ0v) is 17.6. The van der Waals surface area contributed by atoms with E-state index in [0.717, 1.165) is 5.69 Å². The average Bonchev–Trinajstić information content (AvgIpc) is 2.77. The minimum absolute atomic E-state index is 0.0750. The lowest BCUT2D eigenvalue weighted by Crippen LogP contribution is -2.24. The number of sulfonamides is 1. The molecule has 0 aliphatic carbocycles. The van der Waals surface area contributed by atoms with E-state index in [9.17, 15) is 18.0 Å². The molecular weight excluding hydrogens is 416 g/mol. The van der Waals surface area contributed by atoms with Crippen molar-refractivity contribution in [3.63, 3.8) is 0 Å². The highest BCUT2D eigenvalue weighted by atomic mass is 32.2.